The van der Waals surface area contributed by atoms with Gasteiger partial charge in [-0.05, 0) is 42.7 Å². The molecule has 6 heteroatoms. The molecule has 3 rings (SSSR count). The third-order valence-corrected chi connectivity index (χ3v) is 4.71. The standard InChI is InChI=1S/C17H19ClN4O/c1-19-16(23)14-6-7-15(22-21-14)20-11-17(8-3-9-17)12-4-2-5-13(18)10-12/h2,4-7,10H,3,8-9,11H2,1H3,(H,19,23)(H,20,22). The Labute approximate surface area is 140 Å². The molecule has 0 spiro atoms. The summed E-state index contributed by atoms with van der Waals surface area (Å²) >= 11 is 6.13. The van der Waals surface area contributed by atoms with Gasteiger partial charge < -0.3 is 10.6 Å². The lowest BCUT2D eigenvalue weighted by atomic mass is 9.64. The highest BCUT2D eigenvalue weighted by molar-refractivity contribution is 6.30. The van der Waals surface area contributed by atoms with Gasteiger partial charge in [0.15, 0.2) is 5.69 Å². The van der Waals surface area contributed by atoms with E-state index >= 15 is 0 Å². The van der Waals surface area contributed by atoms with Crippen LogP contribution in [0.15, 0.2) is 36.4 Å². The minimum absolute atomic E-state index is 0.103. The largest absolute Gasteiger partial charge is 0.368 e. The first-order valence-electron chi connectivity index (χ1n) is 7.69. The maximum Gasteiger partial charge on any atom is 0.271 e. The lowest BCUT2D eigenvalue weighted by Crippen LogP contribution is -2.41. The van der Waals surface area contributed by atoms with Gasteiger partial charge in [0.25, 0.3) is 5.91 Å². The number of aromatic nitrogens is 2. The number of anilines is 1. The first-order chi connectivity index (χ1) is 11.1. The Balaban J connectivity index is 1.70. The Kier molecular flexibility index (Phi) is 4.48. The average molecular weight is 331 g/mol. The molecule has 23 heavy (non-hydrogen) atoms. The van der Waals surface area contributed by atoms with Crippen LogP contribution in [-0.4, -0.2) is 29.7 Å². The van der Waals surface area contributed by atoms with Gasteiger partial charge in [-0.15, -0.1) is 10.2 Å². The van der Waals surface area contributed by atoms with Crippen molar-refractivity contribution in [3.8, 4) is 0 Å². The van der Waals surface area contributed by atoms with Gasteiger partial charge >= 0.3 is 0 Å². The summed E-state index contributed by atoms with van der Waals surface area (Å²) in [6.07, 6.45) is 3.48. The second-order valence-electron chi connectivity index (χ2n) is 5.88. The molecule has 0 saturated heterocycles. The van der Waals surface area contributed by atoms with E-state index in [0.717, 1.165) is 24.4 Å². The van der Waals surface area contributed by atoms with Gasteiger partial charge in [0.2, 0.25) is 0 Å². The third kappa shape index (κ3) is 3.29. The predicted octanol–water partition coefficient (Wildman–Crippen LogP) is 3.02. The van der Waals surface area contributed by atoms with Crippen molar-refractivity contribution >= 4 is 23.3 Å². The first kappa shape index (κ1) is 15.7. The van der Waals surface area contributed by atoms with E-state index < -0.39 is 0 Å². The number of nitrogens with zero attached hydrogens (tertiary/aromatic N) is 2. The van der Waals surface area contributed by atoms with E-state index in [1.54, 1.807) is 19.2 Å². The highest BCUT2D eigenvalue weighted by Gasteiger charge is 2.38. The van der Waals surface area contributed by atoms with E-state index in [1.165, 1.54) is 12.0 Å². The van der Waals surface area contributed by atoms with Crippen LogP contribution in [-0.2, 0) is 5.41 Å². The average Bonchev–Trinajstić information content (AvgIpc) is 2.54. The fourth-order valence-electron chi connectivity index (χ4n) is 2.92. The molecule has 5 nitrogen and oxygen atoms in total. The highest BCUT2D eigenvalue weighted by atomic mass is 35.5. The topological polar surface area (TPSA) is 66.9 Å². The van der Waals surface area contributed by atoms with Crippen molar-refractivity contribution in [2.75, 3.05) is 18.9 Å². The van der Waals surface area contributed by atoms with E-state index in [1.807, 2.05) is 18.2 Å². The van der Waals surface area contributed by atoms with Crippen molar-refractivity contribution < 1.29 is 4.79 Å². The van der Waals surface area contributed by atoms with Crippen molar-refractivity contribution in [3.63, 3.8) is 0 Å². The van der Waals surface area contributed by atoms with Crippen molar-refractivity contribution in [1.82, 2.24) is 15.5 Å². The number of hydrogen-bond donors (Lipinski definition) is 2. The molecule has 1 amide bonds. The molecule has 1 heterocycles. The second-order valence-corrected chi connectivity index (χ2v) is 6.32. The summed E-state index contributed by atoms with van der Waals surface area (Å²) in [5.74, 6) is 0.435. The minimum Gasteiger partial charge on any atom is -0.368 e. The van der Waals surface area contributed by atoms with Crippen LogP contribution in [0.5, 0.6) is 0 Å². The molecule has 1 aliphatic carbocycles. The summed E-state index contributed by atoms with van der Waals surface area (Å²) in [5, 5.41) is 14.6. The number of amides is 1. The summed E-state index contributed by atoms with van der Waals surface area (Å²) in [6.45, 7) is 0.779. The number of hydrogen-bond acceptors (Lipinski definition) is 4. The second kappa shape index (κ2) is 6.54. The van der Waals surface area contributed by atoms with E-state index in [4.69, 9.17) is 11.6 Å². The van der Waals surface area contributed by atoms with Gasteiger partial charge in [-0.25, -0.2) is 0 Å². The van der Waals surface area contributed by atoms with Crippen molar-refractivity contribution in [3.05, 3.63) is 52.7 Å². The van der Waals surface area contributed by atoms with Crippen LogP contribution in [0.1, 0.15) is 35.3 Å². The SMILES string of the molecule is CNC(=O)c1ccc(NCC2(c3cccc(Cl)c3)CCC2)nn1. The van der Waals surface area contributed by atoms with Crippen molar-refractivity contribution in [2.24, 2.45) is 0 Å². The van der Waals surface area contributed by atoms with Crippen LogP contribution in [0.3, 0.4) is 0 Å². The smallest absolute Gasteiger partial charge is 0.271 e. The molecule has 2 N–H and O–H groups in total. The quantitative estimate of drug-likeness (QED) is 0.884. The molecule has 0 aliphatic heterocycles. The van der Waals surface area contributed by atoms with Crippen LogP contribution >= 0.6 is 11.6 Å². The van der Waals surface area contributed by atoms with E-state index in [2.05, 4.69) is 26.9 Å². The zero-order valence-corrected chi connectivity index (χ0v) is 13.7. The highest BCUT2D eigenvalue weighted by Crippen LogP contribution is 2.44. The van der Waals surface area contributed by atoms with Crippen molar-refractivity contribution in [1.29, 1.82) is 0 Å². The third-order valence-electron chi connectivity index (χ3n) is 4.48. The first-order valence-corrected chi connectivity index (χ1v) is 8.06. The molecular weight excluding hydrogens is 312 g/mol. The maximum atomic E-state index is 11.5. The normalized spacial score (nSPS) is 15.6. The van der Waals surface area contributed by atoms with Crippen LogP contribution < -0.4 is 10.6 Å². The van der Waals surface area contributed by atoms with Crippen LogP contribution in [0.25, 0.3) is 0 Å². The summed E-state index contributed by atoms with van der Waals surface area (Å²) < 4.78 is 0. The van der Waals surface area contributed by atoms with Gasteiger partial charge in [0, 0.05) is 24.0 Å². The number of benzene rings is 1. The van der Waals surface area contributed by atoms with Crippen LogP contribution in [0.2, 0.25) is 5.02 Å². The van der Waals surface area contributed by atoms with Crippen molar-refractivity contribution in [2.45, 2.75) is 24.7 Å². The van der Waals surface area contributed by atoms with Crippen LogP contribution in [0.4, 0.5) is 5.82 Å². The zero-order chi connectivity index (χ0) is 16.3. The molecule has 0 bridgehead atoms. The molecule has 0 atom stereocenters. The fraction of sp³-hybridized carbons (Fsp3) is 0.353. The summed E-state index contributed by atoms with van der Waals surface area (Å²) in [7, 11) is 1.57. The predicted molar refractivity (Wildman–Crippen MR) is 90.9 cm³/mol. The molecule has 1 aliphatic rings. The van der Waals surface area contributed by atoms with E-state index in [-0.39, 0.29) is 11.3 Å². The Morgan fingerprint density at radius 3 is 2.65 bits per heavy atom. The number of nitrogens with one attached hydrogen (secondary N) is 2. The number of halogens is 1. The molecule has 1 aromatic carbocycles. The number of carbonyl (C=O) groups is 1. The Hall–Kier alpha value is -2.14. The monoisotopic (exact) mass is 330 g/mol. The summed E-state index contributed by atoms with van der Waals surface area (Å²) in [5.41, 5.74) is 1.68. The van der Waals surface area contributed by atoms with E-state index in [9.17, 15) is 4.79 Å². The van der Waals surface area contributed by atoms with Gasteiger partial charge in [-0.3, -0.25) is 4.79 Å². The molecular formula is C17H19ClN4O. The molecule has 120 valence electrons. The van der Waals surface area contributed by atoms with Gasteiger partial charge in [0.05, 0.1) is 0 Å². The fourth-order valence-corrected chi connectivity index (χ4v) is 3.12. The Morgan fingerprint density at radius 2 is 2.09 bits per heavy atom. The summed E-state index contributed by atoms with van der Waals surface area (Å²) in [4.78, 5) is 11.5. The van der Waals surface area contributed by atoms with Gasteiger partial charge in [-0.2, -0.15) is 0 Å². The lowest BCUT2D eigenvalue weighted by Gasteiger charge is -2.42. The molecule has 1 saturated carbocycles. The molecule has 0 unspecified atom stereocenters. The minimum atomic E-state index is -0.238. The van der Waals surface area contributed by atoms with Gasteiger partial charge in [0.1, 0.15) is 5.82 Å². The lowest BCUT2D eigenvalue weighted by molar-refractivity contribution is 0.0957. The summed E-state index contributed by atoms with van der Waals surface area (Å²) in [6, 6.07) is 11.5. The Morgan fingerprint density at radius 1 is 1.26 bits per heavy atom. The molecule has 1 fully saturated rings. The molecule has 1 aromatic heterocycles. The van der Waals surface area contributed by atoms with Crippen LogP contribution in [0, 0.1) is 0 Å². The van der Waals surface area contributed by atoms with Gasteiger partial charge in [-0.1, -0.05) is 30.2 Å². The Bertz CT molecular complexity index is 698. The zero-order valence-electron chi connectivity index (χ0n) is 13.0. The number of carbonyl (C=O) groups excluding carboxylic acids is 1. The van der Waals surface area contributed by atoms with E-state index in [0.29, 0.717) is 11.5 Å². The molecule has 2 aromatic rings. The maximum absolute atomic E-state index is 11.5. The number of rotatable bonds is 5. The molecule has 0 radical (unpaired) electrons.